The second-order valence-corrected chi connectivity index (χ2v) is 7.09. The predicted octanol–water partition coefficient (Wildman–Crippen LogP) is 2.67. The number of hydrogen-bond donors (Lipinski definition) is 3. The van der Waals surface area contributed by atoms with Gasteiger partial charge in [0.1, 0.15) is 11.6 Å². The number of ether oxygens (including phenoxy) is 2. The number of nitrogens with zero attached hydrogens (tertiary/aromatic N) is 3. The van der Waals surface area contributed by atoms with Crippen LogP contribution >= 0.6 is 0 Å². The summed E-state index contributed by atoms with van der Waals surface area (Å²) in [5.41, 5.74) is 1.92. The van der Waals surface area contributed by atoms with Gasteiger partial charge in [-0.05, 0) is 31.4 Å². The molecule has 4 rings (SSSR count). The molecule has 0 radical (unpaired) electrons. The van der Waals surface area contributed by atoms with Gasteiger partial charge in [-0.15, -0.1) is 0 Å². The SMILES string of the molecule is C[C@@H]1COCCN1c1cc([C@H]2CCCOC2)c(C=N)c(Nc2cc[nH]n2)n1. The molecule has 0 spiro atoms. The van der Waals surface area contributed by atoms with Crippen molar-refractivity contribution in [3.63, 3.8) is 0 Å². The normalized spacial score (nSPS) is 23.2. The highest BCUT2D eigenvalue weighted by molar-refractivity contribution is 5.88. The summed E-state index contributed by atoms with van der Waals surface area (Å²) in [7, 11) is 0. The molecule has 27 heavy (non-hydrogen) atoms. The van der Waals surface area contributed by atoms with Crippen LogP contribution in [0.5, 0.6) is 0 Å². The first kappa shape index (κ1) is 17.9. The lowest BCUT2D eigenvalue weighted by atomic mass is 9.90. The molecule has 2 fully saturated rings. The predicted molar refractivity (Wildman–Crippen MR) is 104 cm³/mol. The fourth-order valence-electron chi connectivity index (χ4n) is 3.80. The molecule has 0 amide bonds. The number of hydrogen-bond acceptors (Lipinski definition) is 7. The number of H-pyrrole nitrogens is 1. The monoisotopic (exact) mass is 370 g/mol. The minimum absolute atomic E-state index is 0.255. The van der Waals surface area contributed by atoms with Crippen molar-refractivity contribution in [2.45, 2.75) is 31.7 Å². The van der Waals surface area contributed by atoms with Gasteiger partial charge in [0, 0.05) is 43.1 Å². The number of aromatic amines is 1. The molecule has 2 aromatic heterocycles. The zero-order valence-electron chi connectivity index (χ0n) is 15.6. The van der Waals surface area contributed by atoms with Crippen LogP contribution in [0.3, 0.4) is 0 Å². The number of rotatable bonds is 5. The summed E-state index contributed by atoms with van der Waals surface area (Å²) in [6, 6.07) is 4.24. The van der Waals surface area contributed by atoms with Gasteiger partial charge < -0.3 is 25.1 Å². The lowest BCUT2D eigenvalue weighted by Crippen LogP contribution is -2.44. The summed E-state index contributed by atoms with van der Waals surface area (Å²) in [5, 5.41) is 18.3. The van der Waals surface area contributed by atoms with Gasteiger partial charge in [0.25, 0.3) is 0 Å². The summed E-state index contributed by atoms with van der Waals surface area (Å²) in [4.78, 5) is 7.14. The van der Waals surface area contributed by atoms with Crippen LogP contribution in [0.1, 0.15) is 36.8 Å². The maximum atomic E-state index is 8.02. The number of anilines is 3. The van der Waals surface area contributed by atoms with Crippen LogP contribution in [0, 0.1) is 5.41 Å². The second kappa shape index (κ2) is 8.06. The van der Waals surface area contributed by atoms with Crippen molar-refractivity contribution in [2.75, 3.05) is 43.2 Å². The third kappa shape index (κ3) is 3.81. The first-order chi connectivity index (χ1) is 13.3. The van der Waals surface area contributed by atoms with Gasteiger partial charge in [-0.1, -0.05) is 0 Å². The molecule has 2 aliphatic heterocycles. The Morgan fingerprint density at radius 3 is 2.93 bits per heavy atom. The summed E-state index contributed by atoms with van der Waals surface area (Å²) < 4.78 is 11.3. The maximum absolute atomic E-state index is 8.02. The summed E-state index contributed by atoms with van der Waals surface area (Å²) in [5.74, 6) is 2.53. The van der Waals surface area contributed by atoms with E-state index in [-0.39, 0.29) is 12.0 Å². The third-order valence-corrected chi connectivity index (χ3v) is 5.23. The van der Waals surface area contributed by atoms with Crippen molar-refractivity contribution in [2.24, 2.45) is 0 Å². The Labute approximate surface area is 158 Å². The van der Waals surface area contributed by atoms with E-state index in [4.69, 9.17) is 19.9 Å². The molecule has 8 heteroatoms. The zero-order chi connectivity index (χ0) is 18.6. The Bertz CT molecular complexity index is 773. The highest BCUT2D eigenvalue weighted by Crippen LogP contribution is 2.34. The van der Waals surface area contributed by atoms with Crippen molar-refractivity contribution in [3.05, 3.63) is 29.5 Å². The average molecular weight is 370 g/mol. The summed E-state index contributed by atoms with van der Waals surface area (Å²) in [6.45, 7) is 5.84. The van der Waals surface area contributed by atoms with Crippen molar-refractivity contribution >= 4 is 23.7 Å². The van der Waals surface area contributed by atoms with Crippen molar-refractivity contribution in [3.8, 4) is 0 Å². The molecular formula is C19H26N6O2. The van der Waals surface area contributed by atoms with Gasteiger partial charge in [-0.25, -0.2) is 4.98 Å². The Morgan fingerprint density at radius 2 is 2.22 bits per heavy atom. The van der Waals surface area contributed by atoms with Gasteiger partial charge in [-0.2, -0.15) is 5.10 Å². The van der Waals surface area contributed by atoms with E-state index in [2.05, 4.69) is 33.4 Å². The quantitative estimate of drug-likeness (QED) is 0.700. The molecule has 0 aromatic carbocycles. The van der Waals surface area contributed by atoms with Gasteiger partial charge in [0.2, 0.25) is 0 Å². The minimum atomic E-state index is 0.255. The Kier molecular flexibility index (Phi) is 5.35. The van der Waals surface area contributed by atoms with Gasteiger partial charge in [0.15, 0.2) is 5.82 Å². The van der Waals surface area contributed by atoms with E-state index in [1.54, 1.807) is 6.20 Å². The van der Waals surface area contributed by atoms with Gasteiger partial charge in [-0.3, -0.25) is 5.10 Å². The van der Waals surface area contributed by atoms with Crippen LogP contribution in [0.25, 0.3) is 0 Å². The highest BCUT2D eigenvalue weighted by Gasteiger charge is 2.26. The van der Waals surface area contributed by atoms with Crippen LogP contribution in [0.4, 0.5) is 17.5 Å². The molecule has 0 unspecified atom stereocenters. The molecule has 2 aliphatic rings. The minimum Gasteiger partial charge on any atom is -0.381 e. The Hall–Kier alpha value is -2.45. The van der Waals surface area contributed by atoms with Gasteiger partial charge in [0.05, 0.1) is 25.9 Å². The molecule has 2 saturated heterocycles. The van der Waals surface area contributed by atoms with Gasteiger partial charge >= 0.3 is 0 Å². The first-order valence-corrected chi connectivity index (χ1v) is 9.50. The molecule has 3 N–H and O–H groups in total. The lowest BCUT2D eigenvalue weighted by molar-refractivity contribution is 0.0803. The fourth-order valence-corrected chi connectivity index (χ4v) is 3.80. The smallest absolute Gasteiger partial charge is 0.153 e. The van der Waals surface area contributed by atoms with E-state index in [0.29, 0.717) is 31.5 Å². The molecular weight excluding hydrogens is 344 g/mol. The molecule has 0 aliphatic carbocycles. The Balaban J connectivity index is 1.77. The molecule has 144 valence electrons. The van der Waals surface area contributed by atoms with Crippen LogP contribution < -0.4 is 10.2 Å². The Morgan fingerprint density at radius 1 is 1.33 bits per heavy atom. The highest BCUT2D eigenvalue weighted by atomic mass is 16.5. The van der Waals surface area contributed by atoms with Crippen LogP contribution in [0.15, 0.2) is 18.3 Å². The zero-order valence-corrected chi connectivity index (χ0v) is 15.6. The topological polar surface area (TPSA) is 99.2 Å². The van der Waals surface area contributed by atoms with Crippen molar-refractivity contribution < 1.29 is 9.47 Å². The number of morpholine rings is 1. The van der Waals surface area contributed by atoms with E-state index in [0.717, 1.165) is 42.9 Å². The first-order valence-electron chi connectivity index (χ1n) is 9.50. The summed E-state index contributed by atoms with van der Waals surface area (Å²) >= 11 is 0. The second-order valence-electron chi connectivity index (χ2n) is 7.09. The van der Waals surface area contributed by atoms with Crippen LogP contribution in [-0.2, 0) is 9.47 Å². The average Bonchev–Trinajstić information content (AvgIpc) is 3.21. The third-order valence-electron chi connectivity index (χ3n) is 5.23. The van der Waals surface area contributed by atoms with Crippen LogP contribution in [-0.4, -0.2) is 60.4 Å². The van der Waals surface area contributed by atoms with Crippen molar-refractivity contribution in [1.82, 2.24) is 15.2 Å². The van der Waals surface area contributed by atoms with E-state index >= 15 is 0 Å². The fraction of sp³-hybridized carbons (Fsp3) is 0.526. The molecule has 2 aromatic rings. The number of aromatic nitrogens is 3. The molecule has 0 bridgehead atoms. The standard InChI is InChI=1S/C19H26N6O2/c1-13-11-27-8-6-25(13)18-9-15(14-3-2-7-26-12-14)16(10-20)19(23-18)22-17-4-5-21-24-17/h4-5,9-10,13-14,20H,2-3,6-8,11-12H2,1H3,(H2,21,22,23,24)/t13-,14+/m1/s1. The van der Waals surface area contributed by atoms with E-state index < -0.39 is 0 Å². The lowest BCUT2D eigenvalue weighted by Gasteiger charge is -2.35. The van der Waals surface area contributed by atoms with E-state index in [1.807, 2.05) is 6.07 Å². The molecule has 8 nitrogen and oxygen atoms in total. The number of nitrogens with one attached hydrogen (secondary N) is 3. The summed E-state index contributed by atoms with van der Waals surface area (Å²) in [6.07, 6.45) is 5.25. The van der Waals surface area contributed by atoms with E-state index in [1.165, 1.54) is 6.21 Å². The largest absolute Gasteiger partial charge is 0.381 e. The molecule has 0 saturated carbocycles. The maximum Gasteiger partial charge on any atom is 0.153 e. The molecule has 2 atom stereocenters. The number of pyridine rings is 1. The van der Waals surface area contributed by atoms with Crippen molar-refractivity contribution in [1.29, 1.82) is 5.41 Å². The van der Waals surface area contributed by atoms with Crippen LogP contribution in [0.2, 0.25) is 0 Å². The molecule has 4 heterocycles. The van der Waals surface area contributed by atoms with E-state index in [9.17, 15) is 0 Å².